The number of benzene rings is 2. The van der Waals surface area contributed by atoms with Gasteiger partial charge in [0, 0.05) is 11.1 Å². The summed E-state index contributed by atoms with van der Waals surface area (Å²) in [7, 11) is 0. The van der Waals surface area contributed by atoms with Gasteiger partial charge in [-0.05, 0) is 24.3 Å². The van der Waals surface area contributed by atoms with Crippen LogP contribution in [0.5, 0.6) is 0 Å². The Hall–Kier alpha value is -4.41. The molecule has 2 rings (SSSR count). The third-order valence-electron chi connectivity index (χ3n) is 3.81. The molecule has 0 aliphatic rings. The second kappa shape index (κ2) is 7.07. The quantitative estimate of drug-likeness (QED) is 0.301. The van der Waals surface area contributed by atoms with Gasteiger partial charge in [0.2, 0.25) is 0 Å². The molecule has 2 aromatic rings. The number of nitrogen functional groups attached to an aromatic ring is 2. The van der Waals surface area contributed by atoms with Crippen molar-refractivity contribution in [2.75, 3.05) is 11.5 Å². The van der Waals surface area contributed by atoms with Crippen LogP contribution in [-0.4, -0.2) is 50.1 Å². The van der Waals surface area contributed by atoms with E-state index in [1.807, 2.05) is 0 Å². The zero-order valence-electron chi connectivity index (χ0n) is 13.8. The van der Waals surface area contributed by atoms with Crippen LogP contribution in [0.2, 0.25) is 0 Å². The number of ketones is 1. The summed E-state index contributed by atoms with van der Waals surface area (Å²) in [4.78, 5) is 57.8. The van der Waals surface area contributed by atoms with E-state index in [0.29, 0.717) is 0 Å². The fourth-order valence-electron chi connectivity index (χ4n) is 2.44. The van der Waals surface area contributed by atoms with Crippen molar-refractivity contribution in [1.29, 1.82) is 0 Å². The van der Waals surface area contributed by atoms with Crippen molar-refractivity contribution in [2.24, 2.45) is 0 Å². The van der Waals surface area contributed by atoms with Gasteiger partial charge in [-0.3, -0.25) is 4.79 Å². The molecule has 0 aromatic heterocycles. The van der Waals surface area contributed by atoms with Gasteiger partial charge in [0.05, 0.1) is 33.6 Å². The molecule has 0 aliphatic carbocycles. The molecule has 0 unspecified atom stereocenters. The summed E-state index contributed by atoms with van der Waals surface area (Å²) in [5.74, 6) is -7.39. The molecule has 11 nitrogen and oxygen atoms in total. The smallest absolute Gasteiger partial charge is 0.337 e. The molecule has 0 aliphatic heterocycles. The fraction of sp³-hybridized carbons (Fsp3) is 0. The zero-order chi connectivity index (χ0) is 21.3. The topological polar surface area (TPSA) is 218 Å². The Bertz CT molecular complexity index is 919. The first-order valence-electron chi connectivity index (χ1n) is 7.30. The van der Waals surface area contributed by atoms with Gasteiger partial charge in [-0.1, -0.05) is 0 Å². The highest BCUT2D eigenvalue weighted by molar-refractivity contribution is 6.15. The standard InChI is InChI=1S/C17H12N2O9/c18-11-7(14(21)22)1-5(2-8(11)15(23)24)13(20)6-3-9(16(25)26)12(19)10(4-6)17(27)28/h1-4H,18-19H2,(H,21,22)(H,23,24)(H,25,26)(H,27,28). The molecule has 2 aromatic carbocycles. The molecule has 0 radical (unpaired) electrons. The third-order valence-corrected chi connectivity index (χ3v) is 3.81. The zero-order valence-corrected chi connectivity index (χ0v) is 13.8. The van der Waals surface area contributed by atoms with Gasteiger partial charge < -0.3 is 31.9 Å². The number of rotatable bonds is 6. The van der Waals surface area contributed by atoms with Gasteiger partial charge in [0.1, 0.15) is 0 Å². The van der Waals surface area contributed by atoms with Crippen LogP contribution in [0.3, 0.4) is 0 Å². The first kappa shape index (κ1) is 19.9. The van der Waals surface area contributed by atoms with E-state index in [4.69, 9.17) is 31.9 Å². The van der Waals surface area contributed by atoms with Gasteiger partial charge >= 0.3 is 23.9 Å². The number of carbonyl (C=O) groups excluding carboxylic acids is 1. The Morgan fingerprint density at radius 3 is 0.929 bits per heavy atom. The number of aromatic carboxylic acids is 4. The molecular formula is C17H12N2O9. The fourth-order valence-corrected chi connectivity index (χ4v) is 2.44. The summed E-state index contributed by atoms with van der Waals surface area (Å²) >= 11 is 0. The largest absolute Gasteiger partial charge is 0.478 e. The van der Waals surface area contributed by atoms with E-state index in [1.54, 1.807) is 0 Å². The van der Waals surface area contributed by atoms with Gasteiger partial charge in [0.25, 0.3) is 0 Å². The molecular weight excluding hydrogens is 376 g/mol. The van der Waals surface area contributed by atoms with E-state index in [0.717, 1.165) is 24.3 Å². The summed E-state index contributed by atoms with van der Waals surface area (Å²) in [5.41, 5.74) is 6.32. The van der Waals surface area contributed by atoms with Gasteiger partial charge in [-0.2, -0.15) is 0 Å². The summed E-state index contributed by atoms with van der Waals surface area (Å²) in [6.07, 6.45) is 0. The first-order valence-corrected chi connectivity index (χ1v) is 7.30. The summed E-state index contributed by atoms with van der Waals surface area (Å²) in [6, 6.07) is 3.24. The average Bonchev–Trinajstić information content (AvgIpc) is 2.60. The van der Waals surface area contributed by atoms with Crippen molar-refractivity contribution in [3.63, 3.8) is 0 Å². The SMILES string of the molecule is Nc1c(C(=O)O)cc(C(=O)c2cc(C(=O)O)c(N)c(C(=O)O)c2)cc1C(=O)O. The summed E-state index contributed by atoms with van der Waals surface area (Å²) < 4.78 is 0. The van der Waals surface area contributed by atoms with Crippen LogP contribution in [0.1, 0.15) is 57.4 Å². The van der Waals surface area contributed by atoms with E-state index >= 15 is 0 Å². The van der Waals surface area contributed by atoms with Crippen LogP contribution in [0.25, 0.3) is 0 Å². The number of carboxylic acid groups (broad SMARTS) is 4. The highest BCUT2D eigenvalue weighted by atomic mass is 16.4. The van der Waals surface area contributed by atoms with Gasteiger partial charge in [-0.15, -0.1) is 0 Å². The van der Waals surface area contributed by atoms with Crippen molar-refractivity contribution in [3.05, 3.63) is 57.6 Å². The van der Waals surface area contributed by atoms with E-state index < -0.39 is 74.4 Å². The number of carboxylic acids is 4. The predicted molar refractivity (Wildman–Crippen MR) is 93.0 cm³/mol. The van der Waals surface area contributed by atoms with Crippen LogP contribution in [0, 0.1) is 0 Å². The Labute approximate surface area is 155 Å². The molecule has 8 N–H and O–H groups in total. The number of nitrogens with two attached hydrogens (primary N) is 2. The van der Waals surface area contributed by atoms with Gasteiger partial charge in [-0.25, -0.2) is 19.2 Å². The van der Waals surface area contributed by atoms with E-state index in [9.17, 15) is 24.0 Å². The Morgan fingerprint density at radius 2 is 0.750 bits per heavy atom. The molecule has 0 amide bonds. The first-order chi connectivity index (χ1) is 13.0. The monoisotopic (exact) mass is 388 g/mol. The lowest BCUT2D eigenvalue weighted by Gasteiger charge is -2.11. The second-order valence-electron chi connectivity index (χ2n) is 5.52. The molecule has 144 valence electrons. The predicted octanol–water partition coefficient (Wildman–Crippen LogP) is 0.875. The second-order valence-corrected chi connectivity index (χ2v) is 5.52. The highest BCUT2D eigenvalue weighted by Gasteiger charge is 2.24. The lowest BCUT2D eigenvalue weighted by Crippen LogP contribution is -2.15. The molecule has 0 atom stereocenters. The highest BCUT2D eigenvalue weighted by Crippen LogP contribution is 2.26. The minimum absolute atomic E-state index is 0.443. The Morgan fingerprint density at radius 1 is 0.536 bits per heavy atom. The molecule has 0 saturated carbocycles. The number of hydrogen-bond acceptors (Lipinski definition) is 7. The van der Waals surface area contributed by atoms with Crippen LogP contribution in [0.4, 0.5) is 11.4 Å². The normalized spacial score (nSPS) is 10.3. The number of carbonyl (C=O) groups is 5. The van der Waals surface area contributed by atoms with Crippen LogP contribution >= 0.6 is 0 Å². The molecule has 0 fully saturated rings. The third kappa shape index (κ3) is 3.44. The molecule has 0 heterocycles. The van der Waals surface area contributed by atoms with Gasteiger partial charge in [0.15, 0.2) is 5.78 Å². The van der Waals surface area contributed by atoms with Crippen LogP contribution in [0.15, 0.2) is 24.3 Å². The molecule has 28 heavy (non-hydrogen) atoms. The lowest BCUT2D eigenvalue weighted by atomic mass is 9.94. The average molecular weight is 388 g/mol. The maximum atomic E-state index is 12.7. The van der Waals surface area contributed by atoms with Crippen molar-refractivity contribution in [1.82, 2.24) is 0 Å². The van der Waals surface area contributed by atoms with Crippen molar-refractivity contribution in [3.8, 4) is 0 Å². The Kier molecular flexibility index (Phi) is 5.03. The molecule has 0 saturated heterocycles. The van der Waals surface area contributed by atoms with E-state index in [1.165, 1.54) is 0 Å². The molecule has 0 spiro atoms. The van der Waals surface area contributed by atoms with E-state index in [-0.39, 0.29) is 0 Å². The Balaban J connectivity index is 2.76. The minimum Gasteiger partial charge on any atom is -0.478 e. The van der Waals surface area contributed by atoms with Crippen LogP contribution in [-0.2, 0) is 0 Å². The van der Waals surface area contributed by atoms with Crippen LogP contribution < -0.4 is 11.5 Å². The summed E-state index contributed by atoms with van der Waals surface area (Å²) in [6.45, 7) is 0. The van der Waals surface area contributed by atoms with Crippen molar-refractivity contribution >= 4 is 41.0 Å². The van der Waals surface area contributed by atoms with E-state index in [2.05, 4.69) is 0 Å². The number of hydrogen-bond donors (Lipinski definition) is 6. The maximum absolute atomic E-state index is 12.7. The lowest BCUT2D eigenvalue weighted by molar-refractivity contribution is 0.0678. The molecule has 0 bridgehead atoms. The molecule has 11 heteroatoms. The summed E-state index contributed by atoms with van der Waals surface area (Å²) in [5, 5.41) is 36.7. The maximum Gasteiger partial charge on any atom is 0.337 e. The van der Waals surface area contributed by atoms with Crippen molar-refractivity contribution in [2.45, 2.75) is 0 Å². The minimum atomic E-state index is -1.59. The van der Waals surface area contributed by atoms with Crippen molar-refractivity contribution < 1.29 is 44.4 Å². The number of anilines is 2.